The Morgan fingerprint density at radius 1 is 1.09 bits per heavy atom. The highest BCUT2D eigenvalue weighted by Crippen LogP contribution is 2.13. The molecule has 0 saturated heterocycles. The summed E-state index contributed by atoms with van der Waals surface area (Å²) in [6.07, 6.45) is 5.33. The molecule has 0 unspecified atom stereocenters. The van der Waals surface area contributed by atoms with Gasteiger partial charge in [0.15, 0.2) is 5.78 Å². The molecule has 3 nitrogen and oxygen atoms in total. The number of anilines is 1. The fourth-order valence-electron chi connectivity index (χ4n) is 1.89. The normalized spacial score (nSPS) is 10.6. The molecule has 1 N–H and O–H groups in total. The summed E-state index contributed by atoms with van der Waals surface area (Å²) in [4.78, 5) is 12.0. The quantitative estimate of drug-likeness (QED) is 0.437. The van der Waals surface area contributed by atoms with Crippen molar-refractivity contribution in [3.8, 4) is 5.75 Å². The van der Waals surface area contributed by atoms with Gasteiger partial charge in [-0.1, -0.05) is 31.5 Å². The van der Waals surface area contributed by atoms with Gasteiger partial charge in [0.05, 0.1) is 6.61 Å². The first-order valence-electron chi connectivity index (χ1n) is 7.55. The summed E-state index contributed by atoms with van der Waals surface area (Å²) in [7, 11) is 0. The molecule has 0 amide bonds. The summed E-state index contributed by atoms with van der Waals surface area (Å²) >= 11 is 0. The Hall–Kier alpha value is -2.55. The number of unbranched alkanes of at least 4 members (excludes halogenated alkanes) is 1. The number of rotatable bonds is 8. The number of carbonyl (C=O) groups excluding carboxylic acids is 1. The van der Waals surface area contributed by atoms with Gasteiger partial charge in [-0.05, 0) is 42.8 Å². The van der Waals surface area contributed by atoms with Crippen molar-refractivity contribution in [2.45, 2.75) is 19.8 Å². The molecule has 22 heavy (non-hydrogen) atoms. The molecule has 2 rings (SSSR count). The summed E-state index contributed by atoms with van der Waals surface area (Å²) in [5.41, 5.74) is 1.60. The van der Waals surface area contributed by atoms with Gasteiger partial charge >= 0.3 is 0 Å². The van der Waals surface area contributed by atoms with Gasteiger partial charge in [0.2, 0.25) is 0 Å². The van der Waals surface area contributed by atoms with Crippen LogP contribution in [-0.4, -0.2) is 12.4 Å². The van der Waals surface area contributed by atoms with Gasteiger partial charge in [-0.15, -0.1) is 0 Å². The molecule has 0 fully saturated rings. The van der Waals surface area contributed by atoms with Gasteiger partial charge in [-0.25, -0.2) is 0 Å². The van der Waals surface area contributed by atoms with E-state index < -0.39 is 0 Å². The summed E-state index contributed by atoms with van der Waals surface area (Å²) in [6.45, 7) is 2.84. The van der Waals surface area contributed by atoms with Crippen LogP contribution in [0.5, 0.6) is 5.75 Å². The number of allylic oxidation sites excluding steroid dienone is 1. The molecule has 3 heteroatoms. The summed E-state index contributed by atoms with van der Waals surface area (Å²) < 4.78 is 5.58. The minimum absolute atomic E-state index is 0.0384. The van der Waals surface area contributed by atoms with Crippen LogP contribution in [-0.2, 0) is 0 Å². The van der Waals surface area contributed by atoms with E-state index in [1.807, 2.05) is 42.5 Å². The Balaban J connectivity index is 1.86. The van der Waals surface area contributed by atoms with E-state index in [0.717, 1.165) is 24.3 Å². The number of nitrogens with one attached hydrogen (secondary N) is 1. The van der Waals surface area contributed by atoms with Crippen LogP contribution in [0.25, 0.3) is 0 Å². The van der Waals surface area contributed by atoms with Gasteiger partial charge < -0.3 is 10.1 Å². The molecule has 114 valence electrons. The molecule has 0 heterocycles. The lowest BCUT2D eigenvalue weighted by Gasteiger charge is -2.05. The monoisotopic (exact) mass is 295 g/mol. The van der Waals surface area contributed by atoms with Crippen molar-refractivity contribution in [2.75, 3.05) is 11.9 Å². The predicted octanol–water partition coefficient (Wildman–Crippen LogP) is 4.67. The van der Waals surface area contributed by atoms with Crippen LogP contribution in [0.2, 0.25) is 0 Å². The number of hydrogen-bond acceptors (Lipinski definition) is 3. The maximum atomic E-state index is 12.0. The molecule has 0 aliphatic heterocycles. The Kier molecular flexibility index (Phi) is 6.24. The number of para-hydroxylation sites is 1. The first kappa shape index (κ1) is 15.8. The van der Waals surface area contributed by atoms with Crippen LogP contribution in [0.3, 0.4) is 0 Å². The van der Waals surface area contributed by atoms with Gasteiger partial charge in [0, 0.05) is 23.5 Å². The molecule has 0 saturated carbocycles. The fourth-order valence-corrected chi connectivity index (χ4v) is 1.89. The summed E-state index contributed by atoms with van der Waals surface area (Å²) in [5.74, 6) is 0.764. The Morgan fingerprint density at radius 3 is 2.50 bits per heavy atom. The minimum atomic E-state index is -0.0384. The maximum absolute atomic E-state index is 12.0. The molecule has 0 bridgehead atoms. The van der Waals surface area contributed by atoms with E-state index in [9.17, 15) is 4.79 Å². The highest BCUT2D eigenvalue weighted by Gasteiger charge is 2.02. The third-order valence-corrected chi connectivity index (χ3v) is 3.16. The smallest absolute Gasteiger partial charge is 0.187 e. The number of benzene rings is 2. The molecular formula is C19H21NO2. The zero-order valence-electron chi connectivity index (χ0n) is 12.8. The third kappa shape index (κ3) is 5.09. The maximum Gasteiger partial charge on any atom is 0.187 e. The van der Waals surface area contributed by atoms with Crippen molar-refractivity contribution in [1.29, 1.82) is 0 Å². The topological polar surface area (TPSA) is 38.3 Å². The van der Waals surface area contributed by atoms with Crippen LogP contribution in [0.4, 0.5) is 5.69 Å². The lowest BCUT2D eigenvalue weighted by atomic mass is 10.1. The Morgan fingerprint density at radius 2 is 1.82 bits per heavy atom. The molecule has 0 radical (unpaired) electrons. The number of hydrogen-bond donors (Lipinski definition) is 1. The Bertz CT molecular complexity index is 603. The van der Waals surface area contributed by atoms with Crippen LogP contribution in [0.1, 0.15) is 30.1 Å². The molecule has 2 aromatic rings. The Labute approximate surface area is 131 Å². The van der Waals surface area contributed by atoms with Gasteiger partial charge in [-0.2, -0.15) is 0 Å². The van der Waals surface area contributed by atoms with Crippen molar-refractivity contribution in [1.82, 2.24) is 0 Å². The third-order valence-electron chi connectivity index (χ3n) is 3.16. The van der Waals surface area contributed by atoms with Crippen LogP contribution in [0, 0.1) is 0 Å². The van der Waals surface area contributed by atoms with Crippen molar-refractivity contribution in [2.24, 2.45) is 0 Å². The zero-order valence-corrected chi connectivity index (χ0v) is 12.8. The number of ketones is 1. The molecule has 0 atom stereocenters. The first-order valence-corrected chi connectivity index (χ1v) is 7.55. The van der Waals surface area contributed by atoms with E-state index in [1.165, 1.54) is 6.08 Å². The van der Waals surface area contributed by atoms with E-state index in [-0.39, 0.29) is 5.78 Å². The van der Waals surface area contributed by atoms with Crippen molar-refractivity contribution in [3.05, 3.63) is 72.4 Å². The largest absolute Gasteiger partial charge is 0.494 e. The van der Waals surface area contributed by atoms with E-state index in [1.54, 1.807) is 18.3 Å². The minimum Gasteiger partial charge on any atom is -0.494 e. The average molecular weight is 295 g/mol. The second-order valence-electron chi connectivity index (χ2n) is 4.93. The summed E-state index contributed by atoms with van der Waals surface area (Å²) in [5, 5.41) is 3.06. The zero-order chi connectivity index (χ0) is 15.6. The van der Waals surface area contributed by atoms with Crippen molar-refractivity contribution in [3.63, 3.8) is 0 Å². The van der Waals surface area contributed by atoms with Crippen LogP contribution in [0.15, 0.2) is 66.9 Å². The van der Waals surface area contributed by atoms with Crippen LogP contribution >= 0.6 is 0 Å². The van der Waals surface area contributed by atoms with Crippen molar-refractivity contribution >= 4 is 11.5 Å². The van der Waals surface area contributed by atoms with E-state index in [4.69, 9.17) is 4.74 Å². The number of carbonyl (C=O) groups is 1. The lowest BCUT2D eigenvalue weighted by molar-refractivity contribution is 0.104. The van der Waals surface area contributed by atoms with Gasteiger partial charge in [0.25, 0.3) is 0 Å². The average Bonchev–Trinajstić information content (AvgIpc) is 2.56. The van der Waals surface area contributed by atoms with Crippen molar-refractivity contribution < 1.29 is 9.53 Å². The van der Waals surface area contributed by atoms with E-state index in [2.05, 4.69) is 12.2 Å². The molecule has 0 spiro atoms. The second kappa shape index (κ2) is 8.67. The van der Waals surface area contributed by atoms with Crippen LogP contribution < -0.4 is 10.1 Å². The summed E-state index contributed by atoms with van der Waals surface area (Å²) in [6, 6.07) is 17.0. The first-order chi connectivity index (χ1) is 10.8. The molecular weight excluding hydrogens is 274 g/mol. The lowest BCUT2D eigenvalue weighted by Crippen LogP contribution is -1.99. The standard InChI is InChI=1S/C19H21NO2/c1-2-3-15-22-18-11-9-16(10-12-18)19(21)13-14-20-17-7-5-4-6-8-17/h4-14,20H,2-3,15H2,1H3/b14-13+. The molecule has 0 aliphatic carbocycles. The number of ether oxygens (including phenoxy) is 1. The molecule has 0 aromatic heterocycles. The SMILES string of the molecule is CCCCOc1ccc(C(=O)/C=C/Nc2ccccc2)cc1. The molecule has 0 aliphatic rings. The van der Waals surface area contributed by atoms with E-state index in [0.29, 0.717) is 12.2 Å². The van der Waals surface area contributed by atoms with Gasteiger partial charge in [-0.3, -0.25) is 4.79 Å². The molecule has 2 aromatic carbocycles. The predicted molar refractivity (Wildman–Crippen MR) is 90.4 cm³/mol. The second-order valence-corrected chi connectivity index (χ2v) is 4.93. The fraction of sp³-hybridized carbons (Fsp3) is 0.211. The highest BCUT2D eigenvalue weighted by atomic mass is 16.5. The van der Waals surface area contributed by atoms with Gasteiger partial charge in [0.1, 0.15) is 5.75 Å². The highest BCUT2D eigenvalue weighted by molar-refractivity contribution is 6.04. The van der Waals surface area contributed by atoms with E-state index >= 15 is 0 Å².